The van der Waals surface area contributed by atoms with Gasteiger partial charge in [-0.15, -0.1) is 0 Å². The van der Waals surface area contributed by atoms with Crippen molar-refractivity contribution in [1.29, 1.82) is 0 Å². The first-order valence-corrected chi connectivity index (χ1v) is 9.16. The molecule has 2 amide bonds. The van der Waals surface area contributed by atoms with E-state index in [0.29, 0.717) is 11.3 Å². The van der Waals surface area contributed by atoms with Gasteiger partial charge in [-0.1, -0.05) is 41.9 Å². The number of anilines is 1. The van der Waals surface area contributed by atoms with E-state index in [1.54, 1.807) is 63.2 Å². The fourth-order valence-corrected chi connectivity index (χ4v) is 2.73. The molecule has 0 heterocycles. The Balaban J connectivity index is 2.05. The lowest BCUT2D eigenvalue weighted by Crippen LogP contribution is -2.36. The highest BCUT2D eigenvalue weighted by molar-refractivity contribution is 6.34. The monoisotopic (exact) mass is 402 g/mol. The highest BCUT2D eigenvalue weighted by atomic mass is 35.5. The number of rotatable bonds is 6. The van der Waals surface area contributed by atoms with Crippen molar-refractivity contribution in [3.8, 4) is 0 Å². The third kappa shape index (κ3) is 6.70. The average molecular weight is 403 g/mol. The van der Waals surface area contributed by atoms with E-state index in [-0.39, 0.29) is 29.3 Å². The van der Waals surface area contributed by atoms with Crippen LogP contribution >= 0.6 is 11.6 Å². The molecular weight excluding hydrogens is 380 g/mol. The minimum absolute atomic E-state index is 0.0477. The van der Waals surface area contributed by atoms with Crippen molar-refractivity contribution < 1.29 is 19.1 Å². The van der Waals surface area contributed by atoms with Crippen LogP contribution in [0.15, 0.2) is 48.5 Å². The van der Waals surface area contributed by atoms with E-state index in [2.05, 4.69) is 10.6 Å². The zero-order valence-electron chi connectivity index (χ0n) is 16.0. The maximum atomic E-state index is 12.7. The Kier molecular flexibility index (Phi) is 7.18. The molecule has 2 rings (SSSR count). The zero-order chi connectivity index (χ0) is 20.7. The van der Waals surface area contributed by atoms with Gasteiger partial charge in [-0.2, -0.15) is 0 Å². The molecule has 0 aromatic heterocycles. The van der Waals surface area contributed by atoms with Crippen LogP contribution in [0.2, 0.25) is 5.02 Å². The number of alkyl carbamates (subject to hydrolysis) is 1. The third-order valence-electron chi connectivity index (χ3n) is 3.58. The van der Waals surface area contributed by atoms with Crippen LogP contribution in [-0.4, -0.2) is 29.9 Å². The summed E-state index contributed by atoms with van der Waals surface area (Å²) in [5, 5.41) is 5.43. The van der Waals surface area contributed by atoms with Crippen LogP contribution in [0.1, 0.15) is 36.7 Å². The van der Waals surface area contributed by atoms with Crippen molar-refractivity contribution in [2.45, 2.75) is 32.8 Å². The van der Waals surface area contributed by atoms with E-state index in [1.807, 2.05) is 6.07 Å². The summed E-state index contributed by atoms with van der Waals surface area (Å²) in [6.45, 7) is 5.00. The smallest absolute Gasteiger partial charge is 0.408 e. The average Bonchev–Trinajstić information content (AvgIpc) is 2.59. The number of carbonyl (C=O) groups is 3. The van der Waals surface area contributed by atoms with Crippen LogP contribution in [-0.2, 0) is 16.0 Å². The second-order valence-corrected chi connectivity index (χ2v) is 7.57. The topological polar surface area (TPSA) is 84.5 Å². The highest BCUT2D eigenvalue weighted by Crippen LogP contribution is 2.22. The Bertz CT molecular complexity index is 860. The largest absolute Gasteiger partial charge is 0.444 e. The molecule has 0 aliphatic carbocycles. The van der Waals surface area contributed by atoms with Crippen LogP contribution in [0.3, 0.4) is 0 Å². The van der Waals surface area contributed by atoms with E-state index in [0.717, 1.165) is 0 Å². The molecule has 2 N–H and O–H groups in total. The van der Waals surface area contributed by atoms with Crippen molar-refractivity contribution in [2.75, 3.05) is 11.9 Å². The number of hydrogen-bond acceptors (Lipinski definition) is 4. The first-order valence-electron chi connectivity index (χ1n) is 8.78. The minimum Gasteiger partial charge on any atom is -0.444 e. The van der Waals surface area contributed by atoms with E-state index in [9.17, 15) is 14.4 Å². The van der Waals surface area contributed by atoms with Crippen LogP contribution < -0.4 is 10.6 Å². The molecule has 0 saturated heterocycles. The van der Waals surface area contributed by atoms with Crippen LogP contribution in [0.25, 0.3) is 0 Å². The van der Waals surface area contributed by atoms with Gasteiger partial charge in [0.25, 0.3) is 5.91 Å². The number of nitrogens with one attached hydrogen (secondary N) is 2. The van der Waals surface area contributed by atoms with Crippen molar-refractivity contribution in [3.05, 3.63) is 64.7 Å². The maximum Gasteiger partial charge on any atom is 0.408 e. The summed E-state index contributed by atoms with van der Waals surface area (Å²) in [7, 11) is 0. The Labute approximate surface area is 169 Å². The lowest BCUT2D eigenvalue weighted by molar-refractivity contribution is -0.117. The molecule has 28 heavy (non-hydrogen) atoms. The summed E-state index contributed by atoms with van der Waals surface area (Å²) in [6.07, 6.45) is -0.720. The van der Waals surface area contributed by atoms with Gasteiger partial charge in [-0.3, -0.25) is 9.59 Å². The van der Waals surface area contributed by atoms with E-state index < -0.39 is 17.6 Å². The predicted molar refractivity (Wildman–Crippen MR) is 109 cm³/mol. The summed E-state index contributed by atoms with van der Waals surface area (Å²) < 4.78 is 5.10. The number of amides is 2. The Morgan fingerprint density at radius 3 is 2.32 bits per heavy atom. The molecule has 0 saturated carbocycles. The van der Waals surface area contributed by atoms with Gasteiger partial charge < -0.3 is 15.4 Å². The standard InChI is InChI=1S/C21H23ClN2O4/c1-21(2,3)28-20(27)23-13-16(25)12-14-8-7-11-17(22)18(14)19(26)24-15-9-5-4-6-10-15/h4-11H,12-13H2,1-3H3,(H,23,27)(H,24,26). The first kappa shape index (κ1) is 21.4. The molecule has 0 aliphatic heterocycles. The number of ketones is 1. The van der Waals surface area contributed by atoms with Crippen LogP contribution in [0.4, 0.5) is 10.5 Å². The number of benzene rings is 2. The normalized spacial score (nSPS) is 10.9. The van der Waals surface area contributed by atoms with Gasteiger partial charge in [0.05, 0.1) is 17.1 Å². The number of para-hydroxylation sites is 1. The molecule has 0 atom stereocenters. The minimum atomic E-state index is -0.672. The van der Waals surface area contributed by atoms with E-state index in [4.69, 9.17) is 16.3 Å². The summed E-state index contributed by atoms with van der Waals surface area (Å²) >= 11 is 6.21. The predicted octanol–water partition coefficient (Wildman–Crippen LogP) is 4.23. The maximum absolute atomic E-state index is 12.7. The zero-order valence-corrected chi connectivity index (χ0v) is 16.8. The molecule has 2 aromatic rings. The second kappa shape index (κ2) is 9.37. The van der Waals surface area contributed by atoms with Gasteiger partial charge in [0.1, 0.15) is 5.60 Å². The third-order valence-corrected chi connectivity index (χ3v) is 3.89. The van der Waals surface area contributed by atoms with Crippen molar-refractivity contribution in [1.82, 2.24) is 5.32 Å². The Morgan fingerprint density at radius 2 is 1.68 bits per heavy atom. The van der Waals surface area contributed by atoms with Crippen LogP contribution in [0, 0.1) is 0 Å². The number of Topliss-reactive ketones (excluding diaryl/α,β-unsaturated/α-hetero) is 1. The van der Waals surface area contributed by atoms with E-state index in [1.165, 1.54) is 0 Å². The van der Waals surface area contributed by atoms with Gasteiger partial charge >= 0.3 is 6.09 Å². The van der Waals surface area contributed by atoms with Gasteiger partial charge in [0.2, 0.25) is 0 Å². The first-order chi connectivity index (χ1) is 13.2. The van der Waals surface area contributed by atoms with Crippen molar-refractivity contribution in [3.63, 3.8) is 0 Å². The molecule has 2 aromatic carbocycles. The fourth-order valence-electron chi connectivity index (χ4n) is 2.45. The summed E-state index contributed by atoms with van der Waals surface area (Å²) in [4.78, 5) is 36.6. The summed E-state index contributed by atoms with van der Waals surface area (Å²) in [6, 6.07) is 13.9. The quantitative estimate of drug-likeness (QED) is 0.757. The number of hydrogen-bond donors (Lipinski definition) is 2. The molecule has 0 fully saturated rings. The van der Waals surface area contributed by atoms with Gasteiger partial charge in [-0.05, 0) is 44.5 Å². The van der Waals surface area contributed by atoms with Gasteiger partial charge in [0, 0.05) is 12.1 Å². The van der Waals surface area contributed by atoms with Gasteiger partial charge in [0.15, 0.2) is 5.78 Å². The summed E-state index contributed by atoms with van der Waals surface area (Å²) in [5.41, 5.74) is 0.690. The lowest BCUT2D eigenvalue weighted by atomic mass is 10.0. The Hall–Kier alpha value is -2.86. The van der Waals surface area contributed by atoms with Crippen molar-refractivity contribution in [2.24, 2.45) is 0 Å². The molecule has 0 radical (unpaired) electrons. The molecule has 0 unspecified atom stereocenters. The molecule has 0 bridgehead atoms. The van der Waals surface area contributed by atoms with Crippen LogP contribution in [0.5, 0.6) is 0 Å². The molecule has 7 heteroatoms. The second-order valence-electron chi connectivity index (χ2n) is 7.17. The summed E-state index contributed by atoms with van der Waals surface area (Å²) in [5.74, 6) is -0.679. The number of ether oxygens (including phenoxy) is 1. The molecule has 6 nitrogen and oxygen atoms in total. The van der Waals surface area contributed by atoms with Gasteiger partial charge in [-0.25, -0.2) is 4.79 Å². The SMILES string of the molecule is CC(C)(C)OC(=O)NCC(=O)Cc1cccc(Cl)c1C(=O)Nc1ccccc1. The lowest BCUT2D eigenvalue weighted by Gasteiger charge is -2.19. The molecule has 0 spiro atoms. The highest BCUT2D eigenvalue weighted by Gasteiger charge is 2.19. The Morgan fingerprint density at radius 1 is 1.00 bits per heavy atom. The van der Waals surface area contributed by atoms with E-state index >= 15 is 0 Å². The number of carbonyl (C=O) groups excluding carboxylic acids is 3. The fraction of sp³-hybridized carbons (Fsp3) is 0.286. The molecular formula is C21H23ClN2O4. The number of halogens is 1. The molecule has 0 aliphatic rings. The van der Waals surface area contributed by atoms with Crippen molar-refractivity contribution >= 4 is 35.1 Å². The molecule has 148 valence electrons.